The molecule has 0 aliphatic carbocycles. The molecule has 3 aromatic rings. The molecule has 3 aromatic carbocycles. The van der Waals surface area contributed by atoms with E-state index in [1.54, 1.807) is 40.9 Å². The van der Waals surface area contributed by atoms with Gasteiger partial charge < -0.3 is 5.43 Å². The third-order valence-corrected chi connectivity index (χ3v) is 5.95. The van der Waals surface area contributed by atoms with E-state index in [4.69, 9.17) is 0 Å². The van der Waals surface area contributed by atoms with Gasteiger partial charge in [0.25, 0.3) is 11.6 Å². The maximum Gasteiger partial charge on any atom is 0.269 e. The Hall–Kier alpha value is -3.98. The van der Waals surface area contributed by atoms with Crippen LogP contribution < -0.4 is 10.3 Å². The maximum atomic E-state index is 13.2. The number of Topliss-reactive ketones (excluding diaryl/α,β-unsaturated/α-hetero) is 1. The topological polar surface area (TPSA) is 105 Å². The van der Waals surface area contributed by atoms with E-state index >= 15 is 0 Å². The number of fused-ring (bicyclic) bond motifs is 2. The van der Waals surface area contributed by atoms with Crippen molar-refractivity contribution in [3.63, 3.8) is 0 Å². The second kappa shape index (κ2) is 9.03. The number of carbonyl (C=O) groups excluding carboxylic acids is 2. The average Bonchev–Trinajstić information content (AvgIpc) is 2.80. The third-order valence-electron chi connectivity index (χ3n) is 4.82. The van der Waals surface area contributed by atoms with E-state index in [0.717, 1.165) is 15.5 Å². The van der Waals surface area contributed by atoms with Crippen molar-refractivity contribution in [2.75, 3.05) is 11.4 Å². The Kier molecular flexibility index (Phi) is 6.00. The van der Waals surface area contributed by atoms with Crippen molar-refractivity contribution in [1.29, 1.82) is 0 Å². The molecule has 0 spiro atoms. The van der Waals surface area contributed by atoms with Gasteiger partial charge in [0, 0.05) is 27.5 Å². The van der Waals surface area contributed by atoms with E-state index in [1.807, 2.05) is 30.3 Å². The van der Waals surface area contributed by atoms with Crippen molar-refractivity contribution in [3.05, 3.63) is 88.0 Å². The number of hydrogen-bond acceptors (Lipinski definition) is 7. The summed E-state index contributed by atoms with van der Waals surface area (Å²) in [6, 6.07) is 18.9. The molecule has 0 saturated heterocycles. The Morgan fingerprint density at radius 1 is 1.06 bits per heavy atom. The van der Waals surface area contributed by atoms with Gasteiger partial charge in [-0.05, 0) is 48.9 Å². The van der Waals surface area contributed by atoms with Crippen LogP contribution in [-0.2, 0) is 4.79 Å². The number of hydrazone groups is 1. The highest BCUT2D eigenvalue weighted by Gasteiger charge is 2.28. The minimum Gasteiger partial charge on any atom is -0.301 e. The first-order valence-electron chi connectivity index (χ1n) is 9.69. The highest BCUT2D eigenvalue weighted by Crippen LogP contribution is 2.48. The van der Waals surface area contributed by atoms with E-state index < -0.39 is 4.92 Å². The van der Waals surface area contributed by atoms with Crippen LogP contribution in [0.5, 0.6) is 0 Å². The first kappa shape index (κ1) is 21.3. The van der Waals surface area contributed by atoms with Crippen molar-refractivity contribution in [1.82, 2.24) is 5.43 Å². The molecule has 0 radical (unpaired) electrons. The Labute approximate surface area is 188 Å². The first-order valence-corrected chi connectivity index (χ1v) is 10.5. The summed E-state index contributed by atoms with van der Waals surface area (Å²) in [6.45, 7) is 1.42. The molecule has 0 unspecified atom stereocenters. The molecule has 1 aliphatic rings. The summed E-state index contributed by atoms with van der Waals surface area (Å²) in [5.74, 6) is -0.310. The molecule has 0 saturated carbocycles. The zero-order valence-electron chi connectivity index (χ0n) is 17.0. The van der Waals surface area contributed by atoms with Gasteiger partial charge in [-0.2, -0.15) is 5.10 Å². The lowest BCUT2D eigenvalue weighted by molar-refractivity contribution is -0.384. The molecule has 1 heterocycles. The smallest absolute Gasteiger partial charge is 0.269 e. The summed E-state index contributed by atoms with van der Waals surface area (Å²) in [5, 5.41) is 14.8. The van der Waals surface area contributed by atoms with Crippen LogP contribution in [0.1, 0.15) is 22.8 Å². The molecule has 1 amide bonds. The van der Waals surface area contributed by atoms with Crippen molar-refractivity contribution < 1.29 is 14.5 Å². The van der Waals surface area contributed by atoms with Crippen molar-refractivity contribution in [2.24, 2.45) is 5.10 Å². The Bertz CT molecular complexity index is 1240. The van der Waals surface area contributed by atoms with E-state index in [1.165, 1.54) is 25.3 Å². The molecule has 32 heavy (non-hydrogen) atoms. The first-order chi connectivity index (χ1) is 15.4. The molecule has 160 valence electrons. The number of rotatable bonds is 6. The molecular formula is C23H18N4O4S. The van der Waals surface area contributed by atoms with Crippen LogP contribution in [0.25, 0.3) is 0 Å². The van der Waals surface area contributed by atoms with E-state index in [9.17, 15) is 19.7 Å². The number of nitrogens with zero attached hydrogens (tertiary/aromatic N) is 3. The Morgan fingerprint density at radius 2 is 1.78 bits per heavy atom. The molecule has 8 nitrogen and oxygen atoms in total. The summed E-state index contributed by atoms with van der Waals surface area (Å²) in [7, 11) is 0. The number of non-ortho nitro benzene ring substituents is 1. The Balaban J connectivity index is 1.53. The number of carbonyl (C=O) groups is 2. The summed E-state index contributed by atoms with van der Waals surface area (Å²) in [4.78, 5) is 38.7. The van der Waals surface area contributed by atoms with Gasteiger partial charge in [0.2, 0.25) is 0 Å². The maximum absolute atomic E-state index is 13.2. The van der Waals surface area contributed by atoms with E-state index in [0.29, 0.717) is 16.8 Å². The SMILES string of the molecule is CC(=O)c1ccc2c(c1)N(C(=O)CNN=Cc1ccc([N+](=O)[O-])cc1)c1ccccc1S2. The molecule has 0 fully saturated rings. The van der Waals surface area contributed by atoms with Gasteiger partial charge in [-0.15, -0.1) is 0 Å². The standard InChI is InChI=1S/C23H18N4O4S/c1-15(28)17-8-11-22-20(12-17)26(19-4-2-3-5-21(19)32-22)23(29)14-25-24-13-16-6-9-18(10-7-16)27(30)31/h2-13,25H,14H2,1H3. The van der Waals surface area contributed by atoms with Gasteiger partial charge >= 0.3 is 0 Å². The van der Waals surface area contributed by atoms with Crippen LogP contribution in [0.2, 0.25) is 0 Å². The predicted octanol–water partition coefficient (Wildman–Crippen LogP) is 4.55. The monoisotopic (exact) mass is 446 g/mol. The fourth-order valence-corrected chi connectivity index (χ4v) is 4.28. The molecule has 0 atom stereocenters. The van der Waals surface area contributed by atoms with Gasteiger partial charge in [0.15, 0.2) is 5.78 Å². The lowest BCUT2D eigenvalue weighted by atomic mass is 10.1. The minimum absolute atomic E-state index is 0.00415. The minimum atomic E-state index is -0.470. The summed E-state index contributed by atoms with van der Waals surface area (Å²) < 4.78 is 0. The normalized spacial score (nSPS) is 12.2. The van der Waals surface area contributed by atoms with Crippen molar-refractivity contribution in [2.45, 2.75) is 16.7 Å². The quantitative estimate of drug-likeness (QED) is 0.258. The number of benzene rings is 3. The molecule has 0 aromatic heterocycles. The highest BCUT2D eigenvalue weighted by molar-refractivity contribution is 7.99. The van der Waals surface area contributed by atoms with Gasteiger partial charge in [0.05, 0.1) is 22.5 Å². The lowest BCUT2D eigenvalue weighted by Crippen LogP contribution is -2.35. The molecular weight excluding hydrogens is 428 g/mol. The van der Waals surface area contributed by atoms with Crippen LogP contribution in [0, 0.1) is 10.1 Å². The zero-order valence-corrected chi connectivity index (χ0v) is 17.8. The molecule has 0 bridgehead atoms. The van der Waals surface area contributed by atoms with Crippen LogP contribution in [0.15, 0.2) is 81.6 Å². The van der Waals surface area contributed by atoms with Crippen LogP contribution in [-0.4, -0.2) is 29.4 Å². The van der Waals surface area contributed by atoms with Gasteiger partial charge in [-0.3, -0.25) is 24.6 Å². The average molecular weight is 446 g/mol. The lowest BCUT2D eigenvalue weighted by Gasteiger charge is -2.31. The molecule has 9 heteroatoms. The number of para-hydroxylation sites is 1. The zero-order chi connectivity index (χ0) is 22.7. The second-order valence-electron chi connectivity index (χ2n) is 6.98. The number of hydrogen-bond donors (Lipinski definition) is 1. The van der Waals surface area contributed by atoms with Crippen LogP contribution >= 0.6 is 11.8 Å². The van der Waals surface area contributed by atoms with Gasteiger partial charge in [0.1, 0.15) is 6.54 Å². The summed E-state index contributed by atoms with van der Waals surface area (Å²) in [6.07, 6.45) is 1.48. The molecule has 4 rings (SSSR count). The van der Waals surface area contributed by atoms with Crippen LogP contribution in [0.3, 0.4) is 0 Å². The summed E-state index contributed by atoms with van der Waals surface area (Å²) in [5.41, 5.74) is 5.33. The molecule has 1 aliphatic heterocycles. The number of nitrogens with one attached hydrogen (secondary N) is 1. The number of nitro benzene ring substituents is 1. The number of amides is 1. The van der Waals surface area contributed by atoms with Crippen molar-refractivity contribution in [3.8, 4) is 0 Å². The Morgan fingerprint density at radius 3 is 2.50 bits per heavy atom. The number of anilines is 2. The van der Waals surface area contributed by atoms with Crippen molar-refractivity contribution >= 4 is 46.7 Å². The van der Waals surface area contributed by atoms with E-state index in [2.05, 4.69) is 10.5 Å². The fraction of sp³-hybridized carbons (Fsp3) is 0.0870. The highest BCUT2D eigenvalue weighted by atomic mass is 32.2. The van der Waals surface area contributed by atoms with Gasteiger partial charge in [-0.25, -0.2) is 0 Å². The summed E-state index contributed by atoms with van der Waals surface area (Å²) >= 11 is 1.55. The second-order valence-corrected chi connectivity index (χ2v) is 8.06. The third kappa shape index (κ3) is 4.37. The van der Waals surface area contributed by atoms with E-state index in [-0.39, 0.29) is 23.9 Å². The number of ketones is 1. The number of nitro groups is 1. The fourth-order valence-electron chi connectivity index (χ4n) is 3.24. The predicted molar refractivity (Wildman–Crippen MR) is 123 cm³/mol. The van der Waals surface area contributed by atoms with Gasteiger partial charge in [-0.1, -0.05) is 30.0 Å². The van der Waals surface area contributed by atoms with Crippen LogP contribution in [0.4, 0.5) is 17.1 Å². The molecule has 1 N–H and O–H groups in total. The largest absolute Gasteiger partial charge is 0.301 e.